The lowest BCUT2D eigenvalue weighted by Gasteiger charge is -2.13. The summed E-state index contributed by atoms with van der Waals surface area (Å²) in [5, 5.41) is 16.4. The van der Waals surface area contributed by atoms with Gasteiger partial charge in [0, 0.05) is 23.1 Å². The second-order valence-corrected chi connectivity index (χ2v) is 6.04. The first-order valence-corrected chi connectivity index (χ1v) is 8.29. The van der Waals surface area contributed by atoms with Crippen molar-refractivity contribution >= 4 is 22.7 Å². The molecule has 0 saturated carbocycles. The molecule has 3 aromatic carbocycles. The summed E-state index contributed by atoms with van der Waals surface area (Å²) in [4.78, 5) is 0. The van der Waals surface area contributed by atoms with E-state index < -0.39 is 0 Å². The lowest BCUT2D eigenvalue weighted by molar-refractivity contribution is 0.242. The summed E-state index contributed by atoms with van der Waals surface area (Å²) in [6.07, 6.45) is 0.148. The van der Waals surface area contributed by atoms with Crippen LogP contribution in [0.2, 0.25) is 0 Å². The maximum absolute atomic E-state index is 9.82. The smallest absolute Gasteiger partial charge is 0.139 e. The third-order valence-corrected chi connectivity index (χ3v) is 3.56. The van der Waals surface area contributed by atoms with E-state index in [9.17, 15) is 5.11 Å². The average Bonchev–Trinajstić information content (AvgIpc) is 2.58. The van der Waals surface area contributed by atoms with Crippen LogP contribution in [0, 0.1) is 0 Å². The Balaban J connectivity index is 1.68. The lowest BCUT2D eigenvalue weighted by atomic mass is 10.2. The molecule has 0 aromatic heterocycles. The molecule has 0 unspecified atom stereocenters. The number of phenolic OH excluding ortho intramolecular Hbond substituents is 1. The summed E-state index contributed by atoms with van der Waals surface area (Å²) in [6.45, 7) is 4.02. The van der Waals surface area contributed by atoms with E-state index in [1.54, 1.807) is 12.1 Å². The molecule has 0 aliphatic heterocycles. The maximum Gasteiger partial charge on any atom is 0.139 e. The molecular formula is C21H22N2O2. The van der Waals surface area contributed by atoms with Gasteiger partial charge in [0.25, 0.3) is 0 Å². The molecule has 0 saturated heterocycles. The first-order chi connectivity index (χ1) is 12.1. The Morgan fingerprint density at radius 1 is 0.760 bits per heavy atom. The van der Waals surface area contributed by atoms with Crippen LogP contribution in [0.5, 0.6) is 11.5 Å². The van der Waals surface area contributed by atoms with E-state index in [4.69, 9.17) is 4.74 Å². The lowest BCUT2D eigenvalue weighted by Crippen LogP contribution is -2.05. The van der Waals surface area contributed by atoms with Crippen LogP contribution in [0.3, 0.4) is 0 Å². The number of anilines is 4. The molecule has 25 heavy (non-hydrogen) atoms. The van der Waals surface area contributed by atoms with Gasteiger partial charge in [0.1, 0.15) is 11.5 Å². The highest BCUT2D eigenvalue weighted by Crippen LogP contribution is 2.27. The molecule has 0 atom stereocenters. The Labute approximate surface area is 148 Å². The largest absolute Gasteiger partial charge is 0.506 e. The number of ether oxygens (including phenoxy) is 1. The first-order valence-electron chi connectivity index (χ1n) is 8.29. The number of aromatic hydroxyl groups is 1. The Morgan fingerprint density at radius 2 is 1.44 bits per heavy atom. The molecule has 0 spiro atoms. The minimum Gasteiger partial charge on any atom is -0.506 e. The highest BCUT2D eigenvalue weighted by Gasteiger charge is 2.02. The molecule has 4 nitrogen and oxygen atoms in total. The average molecular weight is 334 g/mol. The van der Waals surface area contributed by atoms with Crippen molar-refractivity contribution in [2.45, 2.75) is 20.0 Å². The maximum atomic E-state index is 9.82. The van der Waals surface area contributed by atoms with Crippen molar-refractivity contribution in [2.75, 3.05) is 10.6 Å². The molecule has 0 aliphatic carbocycles. The first kappa shape index (κ1) is 16.7. The van der Waals surface area contributed by atoms with Gasteiger partial charge in [-0.1, -0.05) is 18.2 Å². The number of hydrogen-bond acceptors (Lipinski definition) is 4. The molecule has 4 heteroatoms. The summed E-state index contributed by atoms with van der Waals surface area (Å²) in [7, 11) is 0. The van der Waals surface area contributed by atoms with Crippen molar-refractivity contribution < 1.29 is 9.84 Å². The Kier molecular flexibility index (Phi) is 5.09. The summed E-state index contributed by atoms with van der Waals surface area (Å²) in [5.74, 6) is 1.07. The second kappa shape index (κ2) is 7.62. The summed E-state index contributed by atoms with van der Waals surface area (Å²) in [5.41, 5.74) is 3.54. The van der Waals surface area contributed by atoms with Gasteiger partial charge in [-0.2, -0.15) is 0 Å². The van der Waals surface area contributed by atoms with Crippen LogP contribution >= 0.6 is 0 Å². The Hall–Kier alpha value is -3.14. The number of benzene rings is 3. The molecule has 0 heterocycles. The third kappa shape index (κ3) is 4.67. The van der Waals surface area contributed by atoms with Gasteiger partial charge in [-0.15, -0.1) is 0 Å². The molecule has 0 fully saturated rings. The monoisotopic (exact) mass is 334 g/mol. The number of hydrogen-bond donors (Lipinski definition) is 3. The molecular weight excluding hydrogens is 312 g/mol. The van der Waals surface area contributed by atoms with Crippen LogP contribution in [0.15, 0.2) is 72.8 Å². The van der Waals surface area contributed by atoms with Crippen LogP contribution in [0.4, 0.5) is 22.7 Å². The van der Waals surface area contributed by atoms with Gasteiger partial charge >= 0.3 is 0 Å². The van der Waals surface area contributed by atoms with E-state index in [0.29, 0.717) is 5.69 Å². The van der Waals surface area contributed by atoms with Gasteiger partial charge in [-0.25, -0.2) is 0 Å². The van der Waals surface area contributed by atoms with E-state index in [1.807, 2.05) is 74.5 Å². The minimum atomic E-state index is 0.148. The van der Waals surface area contributed by atoms with E-state index in [0.717, 1.165) is 22.8 Å². The van der Waals surface area contributed by atoms with E-state index in [2.05, 4.69) is 10.6 Å². The fraction of sp³-hybridized carbons (Fsp3) is 0.143. The Bertz CT molecular complexity index is 829. The zero-order chi connectivity index (χ0) is 17.6. The molecule has 0 amide bonds. The number of para-hydroxylation sites is 2. The van der Waals surface area contributed by atoms with Crippen LogP contribution in [-0.2, 0) is 0 Å². The normalized spacial score (nSPS) is 10.5. The molecule has 3 N–H and O–H groups in total. The molecule has 3 aromatic rings. The highest BCUT2D eigenvalue weighted by atomic mass is 16.5. The van der Waals surface area contributed by atoms with Gasteiger partial charge in [0.2, 0.25) is 0 Å². The van der Waals surface area contributed by atoms with Crippen molar-refractivity contribution in [1.29, 1.82) is 0 Å². The zero-order valence-electron chi connectivity index (χ0n) is 14.4. The van der Waals surface area contributed by atoms with Crippen molar-refractivity contribution in [3.63, 3.8) is 0 Å². The fourth-order valence-corrected chi connectivity index (χ4v) is 2.46. The molecule has 0 radical (unpaired) electrons. The predicted molar refractivity (Wildman–Crippen MR) is 103 cm³/mol. The van der Waals surface area contributed by atoms with Gasteiger partial charge in [0.05, 0.1) is 11.8 Å². The molecule has 128 valence electrons. The zero-order valence-corrected chi connectivity index (χ0v) is 14.4. The van der Waals surface area contributed by atoms with E-state index >= 15 is 0 Å². The third-order valence-electron chi connectivity index (χ3n) is 3.56. The summed E-state index contributed by atoms with van der Waals surface area (Å²) >= 11 is 0. The number of nitrogens with one attached hydrogen (secondary N) is 2. The van der Waals surface area contributed by atoms with Gasteiger partial charge < -0.3 is 20.5 Å². The van der Waals surface area contributed by atoms with E-state index in [1.165, 1.54) is 0 Å². The predicted octanol–water partition coefficient (Wildman–Crippen LogP) is 5.67. The van der Waals surface area contributed by atoms with Crippen LogP contribution < -0.4 is 15.4 Å². The summed E-state index contributed by atoms with van der Waals surface area (Å²) in [6, 6.07) is 23.0. The van der Waals surface area contributed by atoms with Crippen molar-refractivity contribution in [3.05, 3.63) is 72.8 Å². The summed E-state index contributed by atoms with van der Waals surface area (Å²) < 4.78 is 5.72. The fourth-order valence-electron chi connectivity index (χ4n) is 2.46. The van der Waals surface area contributed by atoms with Gasteiger partial charge in [0.15, 0.2) is 0 Å². The number of phenols is 1. The quantitative estimate of drug-likeness (QED) is 0.509. The molecule has 0 aliphatic rings. The number of rotatable bonds is 6. The topological polar surface area (TPSA) is 53.5 Å². The van der Waals surface area contributed by atoms with Gasteiger partial charge in [-0.05, 0) is 62.4 Å². The van der Waals surface area contributed by atoms with Crippen molar-refractivity contribution in [1.82, 2.24) is 0 Å². The van der Waals surface area contributed by atoms with Crippen LogP contribution in [0.25, 0.3) is 0 Å². The van der Waals surface area contributed by atoms with Crippen molar-refractivity contribution in [2.24, 2.45) is 0 Å². The molecule has 0 bridgehead atoms. The van der Waals surface area contributed by atoms with Gasteiger partial charge in [-0.3, -0.25) is 0 Å². The van der Waals surface area contributed by atoms with Crippen LogP contribution in [-0.4, -0.2) is 11.2 Å². The highest BCUT2D eigenvalue weighted by molar-refractivity contribution is 5.69. The second-order valence-electron chi connectivity index (χ2n) is 6.04. The van der Waals surface area contributed by atoms with Crippen molar-refractivity contribution in [3.8, 4) is 11.5 Å². The Morgan fingerprint density at radius 3 is 2.12 bits per heavy atom. The van der Waals surface area contributed by atoms with E-state index in [-0.39, 0.29) is 11.9 Å². The SMILES string of the molecule is CC(C)Oc1cccc(Nc2ccc(Nc3ccccc3O)cc2)c1. The molecule has 3 rings (SSSR count). The van der Waals surface area contributed by atoms with Crippen LogP contribution in [0.1, 0.15) is 13.8 Å². The standard InChI is InChI=1S/C21H22N2O2/c1-15(2)25-19-7-5-6-18(14-19)22-16-10-12-17(13-11-16)23-20-8-3-4-9-21(20)24/h3-15,22-24H,1-2H3. The minimum absolute atomic E-state index is 0.148.